The second kappa shape index (κ2) is 3.66. The molecule has 1 aromatic carbocycles. The van der Waals surface area contributed by atoms with Crippen molar-refractivity contribution in [2.45, 2.75) is 6.54 Å². The average molecular weight is 228 g/mol. The Morgan fingerprint density at radius 2 is 1.94 bits per heavy atom. The fourth-order valence-electron chi connectivity index (χ4n) is 2.08. The van der Waals surface area contributed by atoms with Crippen molar-refractivity contribution in [3.05, 3.63) is 58.9 Å². The van der Waals surface area contributed by atoms with Gasteiger partial charge in [0.25, 0.3) is 0 Å². The third-order valence-electron chi connectivity index (χ3n) is 2.97. The van der Waals surface area contributed by atoms with Crippen LogP contribution in [0.2, 0.25) is 0 Å². The Kier molecular flexibility index (Phi) is 2.14. The van der Waals surface area contributed by atoms with Crippen molar-refractivity contribution in [3.63, 3.8) is 0 Å². The Bertz CT molecular complexity index is 705. The number of hydrogen-bond acceptors (Lipinski definition) is 2. The van der Waals surface area contributed by atoms with Gasteiger partial charge in [0.05, 0.1) is 30.1 Å². The van der Waals surface area contributed by atoms with Gasteiger partial charge in [0, 0.05) is 12.6 Å². The van der Waals surface area contributed by atoms with E-state index in [-0.39, 0.29) is 5.69 Å². The van der Waals surface area contributed by atoms with Crippen LogP contribution in [0.5, 0.6) is 0 Å². The van der Waals surface area contributed by atoms with Crippen LogP contribution in [-0.2, 0) is 13.6 Å². The third-order valence-corrected chi connectivity index (χ3v) is 2.97. The lowest BCUT2D eigenvalue weighted by Gasteiger charge is -1.99. The number of imidazole rings is 1. The number of aromatic nitrogens is 2. The van der Waals surface area contributed by atoms with Gasteiger partial charge in [0.1, 0.15) is 0 Å². The summed E-state index contributed by atoms with van der Waals surface area (Å²) in [6.45, 7) is 0.538. The van der Waals surface area contributed by atoms with Gasteiger partial charge >= 0.3 is 5.69 Å². The fraction of sp³-hybridized carbons (Fsp3) is 0.154. The zero-order chi connectivity index (χ0) is 11.8. The van der Waals surface area contributed by atoms with Crippen LogP contribution in [0.4, 0.5) is 0 Å². The van der Waals surface area contributed by atoms with Crippen LogP contribution in [0.15, 0.2) is 52.1 Å². The minimum Gasteiger partial charge on any atom is -0.472 e. The van der Waals surface area contributed by atoms with Gasteiger partial charge < -0.3 is 4.42 Å². The fourth-order valence-corrected chi connectivity index (χ4v) is 2.08. The molecule has 0 bridgehead atoms. The first-order valence-corrected chi connectivity index (χ1v) is 5.42. The number of rotatable bonds is 2. The van der Waals surface area contributed by atoms with Crippen LogP contribution < -0.4 is 5.69 Å². The second-order valence-electron chi connectivity index (χ2n) is 4.05. The summed E-state index contributed by atoms with van der Waals surface area (Å²) in [6, 6.07) is 9.64. The highest BCUT2D eigenvalue weighted by Crippen LogP contribution is 2.13. The van der Waals surface area contributed by atoms with Gasteiger partial charge in [-0.25, -0.2) is 4.79 Å². The quantitative estimate of drug-likeness (QED) is 0.673. The lowest BCUT2D eigenvalue weighted by molar-refractivity contribution is 0.562. The topological polar surface area (TPSA) is 40.1 Å². The third kappa shape index (κ3) is 1.49. The summed E-state index contributed by atoms with van der Waals surface area (Å²) in [5.41, 5.74) is 2.87. The maximum atomic E-state index is 12.1. The molecule has 0 radical (unpaired) electrons. The van der Waals surface area contributed by atoms with Gasteiger partial charge in [0.15, 0.2) is 0 Å². The molecule has 3 aromatic rings. The van der Waals surface area contributed by atoms with E-state index >= 15 is 0 Å². The molecule has 0 amide bonds. The molecular formula is C13H12N2O2. The van der Waals surface area contributed by atoms with Crippen LogP contribution in [0.1, 0.15) is 5.56 Å². The van der Waals surface area contributed by atoms with E-state index in [4.69, 9.17) is 4.42 Å². The molecule has 86 valence electrons. The first-order valence-electron chi connectivity index (χ1n) is 5.42. The molecule has 0 aliphatic carbocycles. The summed E-state index contributed by atoms with van der Waals surface area (Å²) in [5, 5.41) is 0. The van der Waals surface area contributed by atoms with E-state index in [1.807, 2.05) is 30.3 Å². The van der Waals surface area contributed by atoms with Gasteiger partial charge in [-0.15, -0.1) is 0 Å². The molecule has 17 heavy (non-hydrogen) atoms. The summed E-state index contributed by atoms with van der Waals surface area (Å²) in [7, 11) is 1.79. The van der Waals surface area contributed by atoms with Gasteiger partial charge in [-0.1, -0.05) is 12.1 Å². The Labute approximate surface area is 97.7 Å². The number of furan rings is 1. The predicted octanol–water partition coefficient (Wildman–Crippen LogP) is 1.98. The van der Waals surface area contributed by atoms with Gasteiger partial charge in [0.2, 0.25) is 0 Å². The maximum Gasteiger partial charge on any atom is 0.329 e. The van der Waals surface area contributed by atoms with Crippen LogP contribution >= 0.6 is 0 Å². The Morgan fingerprint density at radius 1 is 1.18 bits per heavy atom. The van der Waals surface area contributed by atoms with Crippen LogP contribution in [-0.4, -0.2) is 9.13 Å². The molecule has 0 fully saturated rings. The molecule has 2 heterocycles. The molecule has 2 aromatic heterocycles. The molecule has 0 saturated heterocycles. The number of hydrogen-bond donors (Lipinski definition) is 0. The summed E-state index contributed by atoms with van der Waals surface area (Å²) >= 11 is 0. The van der Waals surface area contributed by atoms with Crippen molar-refractivity contribution in [2.75, 3.05) is 0 Å². The van der Waals surface area contributed by atoms with E-state index in [1.165, 1.54) is 0 Å². The van der Waals surface area contributed by atoms with Gasteiger partial charge in [-0.2, -0.15) is 0 Å². The highest BCUT2D eigenvalue weighted by Gasteiger charge is 2.10. The van der Waals surface area contributed by atoms with Crippen molar-refractivity contribution in [1.82, 2.24) is 9.13 Å². The second-order valence-corrected chi connectivity index (χ2v) is 4.05. The molecule has 0 spiro atoms. The van der Waals surface area contributed by atoms with E-state index < -0.39 is 0 Å². The van der Waals surface area contributed by atoms with E-state index in [9.17, 15) is 4.79 Å². The highest BCUT2D eigenvalue weighted by atomic mass is 16.3. The summed E-state index contributed by atoms with van der Waals surface area (Å²) < 4.78 is 8.44. The van der Waals surface area contributed by atoms with E-state index in [0.717, 1.165) is 16.6 Å². The lowest BCUT2D eigenvalue weighted by Crippen LogP contribution is -2.22. The first-order chi connectivity index (χ1) is 8.27. The van der Waals surface area contributed by atoms with Crippen LogP contribution in [0.25, 0.3) is 11.0 Å². The smallest absolute Gasteiger partial charge is 0.329 e. The number of benzene rings is 1. The standard InChI is InChI=1S/C13H12N2O2/c1-14-11-4-2-3-5-12(11)15(13(14)16)8-10-6-7-17-9-10/h2-7,9H,8H2,1H3. The lowest BCUT2D eigenvalue weighted by atomic mass is 10.3. The average Bonchev–Trinajstić information content (AvgIpc) is 2.94. The molecule has 0 atom stereocenters. The molecule has 4 nitrogen and oxygen atoms in total. The predicted molar refractivity (Wildman–Crippen MR) is 65.0 cm³/mol. The Morgan fingerprint density at radius 3 is 2.65 bits per heavy atom. The van der Waals surface area contributed by atoms with E-state index in [0.29, 0.717) is 6.54 Å². The number of para-hydroxylation sites is 2. The van der Waals surface area contributed by atoms with Crippen molar-refractivity contribution < 1.29 is 4.42 Å². The Hall–Kier alpha value is -2.23. The van der Waals surface area contributed by atoms with Crippen LogP contribution in [0.3, 0.4) is 0 Å². The molecule has 3 rings (SSSR count). The van der Waals surface area contributed by atoms with E-state index in [1.54, 1.807) is 28.7 Å². The highest BCUT2D eigenvalue weighted by molar-refractivity contribution is 5.75. The van der Waals surface area contributed by atoms with E-state index in [2.05, 4.69) is 0 Å². The van der Waals surface area contributed by atoms with Crippen LogP contribution in [0, 0.1) is 0 Å². The monoisotopic (exact) mass is 228 g/mol. The van der Waals surface area contributed by atoms with Crippen molar-refractivity contribution in [2.24, 2.45) is 7.05 Å². The van der Waals surface area contributed by atoms with Gasteiger partial charge in [-0.05, 0) is 18.2 Å². The molecule has 0 saturated carbocycles. The van der Waals surface area contributed by atoms with Crippen molar-refractivity contribution in [3.8, 4) is 0 Å². The molecule has 4 heteroatoms. The van der Waals surface area contributed by atoms with Gasteiger partial charge in [-0.3, -0.25) is 9.13 Å². The number of fused-ring (bicyclic) bond motifs is 1. The summed E-state index contributed by atoms with van der Waals surface area (Å²) in [5.74, 6) is 0. The maximum absolute atomic E-state index is 12.1. The summed E-state index contributed by atoms with van der Waals surface area (Å²) in [6.07, 6.45) is 3.28. The zero-order valence-corrected chi connectivity index (χ0v) is 9.46. The van der Waals surface area contributed by atoms with Crippen molar-refractivity contribution >= 4 is 11.0 Å². The molecular weight excluding hydrogens is 216 g/mol. The number of nitrogens with zero attached hydrogens (tertiary/aromatic N) is 2. The Balaban J connectivity index is 2.22. The number of aryl methyl sites for hydroxylation is 1. The first kappa shape index (κ1) is 9.96. The SMILES string of the molecule is Cn1c(=O)n(Cc2ccoc2)c2ccccc21. The molecule has 0 N–H and O–H groups in total. The van der Waals surface area contributed by atoms with Crippen molar-refractivity contribution in [1.29, 1.82) is 0 Å². The summed E-state index contributed by atoms with van der Waals surface area (Å²) in [4.78, 5) is 12.1. The molecule has 0 aliphatic heterocycles. The minimum absolute atomic E-state index is 0.00704. The minimum atomic E-state index is -0.00704. The normalized spacial score (nSPS) is 11.1. The zero-order valence-electron chi connectivity index (χ0n) is 9.46. The molecule has 0 aliphatic rings. The largest absolute Gasteiger partial charge is 0.472 e. The molecule has 0 unspecified atom stereocenters.